The summed E-state index contributed by atoms with van der Waals surface area (Å²) >= 11 is 0. The van der Waals surface area contributed by atoms with Crippen molar-refractivity contribution < 1.29 is 9.53 Å². The zero-order chi connectivity index (χ0) is 6.41. The summed E-state index contributed by atoms with van der Waals surface area (Å²) in [6, 6.07) is 0. The van der Waals surface area contributed by atoms with Crippen LogP contribution in [0.4, 0.5) is 4.79 Å². The van der Waals surface area contributed by atoms with Crippen molar-refractivity contribution in [2.75, 3.05) is 7.11 Å². The van der Waals surface area contributed by atoms with E-state index in [9.17, 15) is 4.79 Å². The van der Waals surface area contributed by atoms with Crippen molar-refractivity contribution in [3.8, 4) is 0 Å². The van der Waals surface area contributed by atoms with Crippen LogP contribution in [0.3, 0.4) is 0 Å². The number of amides is 1. The molecule has 0 fully saturated rings. The second kappa shape index (κ2) is 4.11. The lowest BCUT2D eigenvalue weighted by Crippen LogP contribution is -2.16. The van der Waals surface area contributed by atoms with Crippen LogP contribution in [0.2, 0.25) is 0 Å². The number of nitrogens with zero attached hydrogens (tertiary/aromatic N) is 1. The van der Waals surface area contributed by atoms with Gasteiger partial charge in [-0.05, 0) is 6.92 Å². The van der Waals surface area contributed by atoms with E-state index in [1.807, 2.05) is 0 Å². The highest BCUT2D eigenvalue weighted by molar-refractivity contribution is 5.68. The van der Waals surface area contributed by atoms with Gasteiger partial charge in [-0.15, -0.1) is 0 Å². The van der Waals surface area contributed by atoms with Crippen LogP contribution in [-0.4, -0.2) is 19.4 Å². The molecule has 0 heterocycles. The van der Waals surface area contributed by atoms with E-state index >= 15 is 0 Å². The van der Waals surface area contributed by atoms with Gasteiger partial charge in [0, 0.05) is 6.21 Å². The van der Waals surface area contributed by atoms with Crippen LogP contribution >= 0.6 is 0 Å². The molecule has 0 bridgehead atoms. The molecule has 0 aliphatic heterocycles. The largest absolute Gasteiger partial charge is 0.452 e. The molecule has 8 heavy (non-hydrogen) atoms. The molecule has 4 nitrogen and oxygen atoms in total. The summed E-state index contributed by atoms with van der Waals surface area (Å²) in [5.74, 6) is 0. The van der Waals surface area contributed by atoms with Gasteiger partial charge in [0.1, 0.15) is 0 Å². The topological polar surface area (TPSA) is 50.7 Å². The van der Waals surface area contributed by atoms with E-state index in [1.165, 1.54) is 13.3 Å². The smallest absolute Gasteiger partial charge is 0.427 e. The van der Waals surface area contributed by atoms with E-state index in [-0.39, 0.29) is 0 Å². The molecule has 0 aromatic rings. The minimum Gasteiger partial charge on any atom is -0.452 e. The van der Waals surface area contributed by atoms with Crippen molar-refractivity contribution in [3.63, 3.8) is 0 Å². The van der Waals surface area contributed by atoms with E-state index in [0.717, 1.165) is 0 Å². The van der Waals surface area contributed by atoms with Crippen molar-refractivity contribution in [2.24, 2.45) is 5.10 Å². The highest BCUT2D eigenvalue weighted by atomic mass is 16.5. The first-order valence-electron chi connectivity index (χ1n) is 2.13. The minimum atomic E-state index is -0.553. The molecular weight excluding hydrogens is 108 g/mol. The Morgan fingerprint density at radius 3 is 2.88 bits per heavy atom. The molecule has 4 heteroatoms. The standard InChI is InChI=1S/C4H8N2O2/c1-3-5-6-4(7)8-2/h3H,1-2H3,(H,6,7)/b5-3-. The Kier molecular flexibility index (Phi) is 3.56. The Labute approximate surface area is 47.5 Å². The Morgan fingerprint density at radius 2 is 2.50 bits per heavy atom. The number of hydrogen-bond acceptors (Lipinski definition) is 3. The lowest BCUT2D eigenvalue weighted by atomic mass is 10.9. The first-order valence-corrected chi connectivity index (χ1v) is 2.13. The third-order valence-electron chi connectivity index (χ3n) is 0.470. The van der Waals surface area contributed by atoms with Crippen LogP contribution in [0.1, 0.15) is 6.92 Å². The second-order valence-corrected chi connectivity index (χ2v) is 0.991. The molecule has 46 valence electrons. The molecule has 0 aliphatic rings. The molecule has 0 aliphatic carbocycles. The minimum absolute atomic E-state index is 0.553. The zero-order valence-corrected chi connectivity index (χ0v) is 4.84. The van der Waals surface area contributed by atoms with E-state index in [0.29, 0.717) is 0 Å². The molecule has 0 aromatic carbocycles. The normalized spacial score (nSPS) is 9.25. The molecule has 0 aromatic heterocycles. The zero-order valence-electron chi connectivity index (χ0n) is 4.84. The maximum Gasteiger partial charge on any atom is 0.427 e. The molecule has 1 N–H and O–H groups in total. The summed E-state index contributed by atoms with van der Waals surface area (Å²) in [5.41, 5.74) is 2.09. The molecule has 0 saturated heterocycles. The highest BCUT2D eigenvalue weighted by Gasteiger charge is 1.89. The van der Waals surface area contributed by atoms with E-state index in [4.69, 9.17) is 0 Å². The quantitative estimate of drug-likeness (QED) is 0.397. The van der Waals surface area contributed by atoms with Crippen LogP contribution in [-0.2, 0) is 4.74 Å². The number of hydrogen-bond donors (Lipinski definition) is 1. The fourth-order valence-corrected chi connectivity index (χ4v) is 0.163. The number of hydrazone groups is 1. The molecule has 0 radical (unpaired) electrons. The Morgan fingerprint density at radius 1 is 1.88 bits per heavy atom. The van der Waals surface area contributed by atoms with Crippen LogP contribution in [0.5, 0.6) is 0 Å². The fourth-order valence-electron chi connectivity index (χ4n) is 0.163. The maximum atomic E-state index is 10.1. The van der Waals surface area contributed by atoms with E-state index in [1.54, 1.807) is 6.92 Å². The van der Waals surface area contributed by atoms with Crippen LogP contribution < -0.4 is 5.43 Å². The summed E-state index contributed by atoms with van der Waals surface area (Å²) in [7, 11) is 1.28. The average molecular weight is 116 g/mol. The van der Waals surface area contributed by atoms with Gasteiger partial charge in [-0.3, -0.25) is 0 Å². The van der Waals surface area contributed by atoms with E-state index < -0.39 is 6.09 Å². The van der Waals surface area contributed by atoms with Crippen molar-refractivity contribution in [1.29, 1.82) is 0 Å². The molecule has 0 saturated carbocycles. The van der Waals surface area contributed by atoms with Crippen molar-refractivity contribution in [1.82, 2.24) is 5.43 Å². The molecule has 0 rings (SSSR count). The maximum absolute atomic E-state index is 10.1. The van der Waals surface area contributed by atoms with Gasteiger partial charge in [0.05, 0.1) is 7.11 Å². The Bertz CT molecular complexity index is 100. The second-order valence-electron chi connectivity index (χ2n) is 0.991. The molecule has 0 atom stereocenters. The lowest BCUT2D eigenvalue weighted by Gasteiger charge is -1.92. The average Bonchev–Trinajstić information content (AvgIpc) is 1.83. The van der Waals surface area contributed by atoms with Gasteiger partial charge < -0.3 is 4.74 Å². The predicted octanol–water partition coefficient (Wildman–Crippen LogP) is 0.348. The number of ether oxygens (including phenoxy) is 1. The number of methoxy groups -OCH3 is 1. The summed E-state index contributed by atoms with van der Waals surface area (Å²) in [6.45, 7) is 1.69. The molecular formula is C4H8N2O2. The first kappa shape index (κ1) is 6.94. The predicted molar refractivity (Wildman–Crippen MR) is 29.7 cm³/mol. The van der Waals surface area contributed by atoms with Gasteiger partial charge in [-0.25, -0.2) is 10.2 Å². The summed E-state index contributed by atoms with van der Waals surface area (Å²) in [4.78, 5) is 10.1. The Hall–Kier alpha value is -1.06. The van der Waals surface area contributed by atoms with Crippen LogP contribution in [0, 0.1) is 0 Å². The summed E-state index contributed by atoms with van der Waals surface area (Å²) in [6.07, 6.45) is 0.903. The third-order valence-corrected chi connectivity index (χ3v) is 0.470. The summed E-state index contributed by atoms with van der Waals surface area (Å²) in [5, 5.41) is 3.39. The van der Waals surface area contributed by atoms with E-state index in [2.05, 4.69) is 15.3 Å². The van der Waals surface area contributed by atoms with Crippen molar-refractivity contribution in [3.05, 3.63) is 0 Å². The van der Waals surface area contributed by atoms with Crippen molar-refractivity contribution >= 4 is 12.3 Å². The first-order chi connectivity index (χ1) is 3.81. The monoisotopic (exact) mass is 116 g/mol. The number of nitrogens with one attached hydrogen (secondary N) is 1. The lowest BCUT2D eigenvalue weighted by molar-refractivity contribution is 0.171. The summed E-state index contributed by atoms with van der Waals surface area (Å²) < 4.78 is 4.19. The number of carbonyl (C=O) groups is 1. The highest BCUT2D eigenvalue weighted by Crippen LogP contribution is 1.67. The SMILES string of the molecule is C/C=N\NC(=O)OC. The van der Waals surface area contributed by atoms with Crippen LogP contribution in [0.25, 0.3) is 0 Å². The Balaban J connectivity index is 3.25. The van der Waals surface area contributed by atoms with Gasteiger partial charge >= 0.3 is 6.09 Å². The van der Waals surface area contributed by atoms with Gasteiger partial charge in [0.15, 0.2) is 0 Å². The van der Waals surface area contributed by atoms with Gasteiger partial charge in [-0.2, -0.15) is 5.10 Å². The molecule has 1 amide bonds. The third kappa shape index (κ3) is 3.14. The number of rotatable bonds is 1. The van der Waals surface area contributed by atoms with Gasteiger partial charge in [0.2, 0.25) is 0 Å². The fraction of sp³-hybridized carbons (Fsp3) is 0.500. The van der Waals surface area contributed by atoms with Crippen LogP contribution in [0.15, 0.2) is 5.10 Å². The molecule has 0 spiro atoms. The number of carbonyl (C=O) groups excluding carboxylic acids is 1. The van der Waals surface area contributed by atoms with Crippen molar-refractivity contribution in [2.45, 2.75) is 6.92 Å². The van der Waals surface area contributed by atoms with Gasteiger partial charge in [0.25, 0.3) is 0 Å². The van der Waals surface area contributed by atoms with Gasteiger partial charge in [-0.1, -0.05) is 0 Å². The molecule has 0 unspecified atom stereocenters.